The molecule has 0 saturated heterocycles. The molecule has 19 heavy (non-hydrogen) atoms. The summed E-state index contributed by atoms with van der Waals surface area (Å²) < 4.78 is 0. The first-order chi connectivity index (χ1) is 9.19. The summed E-state index contributed by atoms with van der Waals surface area (Å²) in [7, 11) is 9.78. The predicted molar refractivity (Wildman–Crippen MR) is 78.5 cm³/mol. The molecule has 2 aromatic carbocycles. The van der Waals surface area contributed by atoms with Crippen LogP contribution in [0.2, 0.25) is 5.02 Å². The molecule has 0 radical (unpaired) electrons. The fourth-order valence-corrected chi connectivity index (χ4v) is 1.48. The summed E-state index contributed by atoms with van der Waals surface area (Å²) in [5, 5.41) is 9.98. The summed E-state index contributed by atoms with van der Waals surface area (Å²) in [6, 6.07) is 14.7. The average molecular weight is 350 g/mol. The number of aromatic hydroxyl groups is 1. The van der Waals surface area contributed by atoms with E-state index >= 15 is 0 Å². The van der Waals surface area contributed by atoms with Crippen LogP contribution in [0.25, 0.3) is 0 Å². The first kappa shape index (κ1) is 16.5. The van der Waals surface area contributed by atoms with Crippen LogP contribution >= 0.6 is 30.2 Å². The van der Waals surface area contributed by atoms with Crippen LogP contribution in [-0.4, -0.2) is 11.3 Å². The van der Waals surface area contributed by atoms with Crippen LogP contribution in [-0.2, 0) is 17.0 Å². The van der Waals surface area contributed by atoms with Gasteiger partial charge in [0.1, 0.15) is 5.75 Å². The zero-order valence-corrected chi connectivity index (χ0v) is 13.6. The normalized spacial score (nSPS) is 9.84. The van der Waals surface area contributed by atoms with Crippen LogP contribution < -0.4 is 0 Å². The van der Waals surface area contributed by atoms with Crippen molar-refractivity contribution in [2.24, 2.45) is 4.99 Å². The van der Waals surface area contributed by atoms with E-state index in [1.165, 1.54) is 0 Å². The Kier molecular flexibility index (Phi) is 8.19. The third kappa shape index (κ3) is 5.98. The van der Waals surface area contributed by atoms with Gasteiger partial charge in [-0.15, -0.1) is 0 Å². The van der Waals surface area contributed by atoms with Gasteiger partial charge in [0.05, 0.1) is 10.7 Å². The van der Waals surface area contributed by atoms with Crippen molar-refractivity contribution in [1.29, 1.82) is 0 Å². The number of para-hydroxylation sites is 2. The van der Waals surface area contributed by atoms with E-state index in [0.717, 1.165) is 5.69 Å². The van der Waals surface area contributed by atoms with E-state index in [1.807, 2.05) is 30.3 Å². The minimum absolute atomic E-state index is 0.0591. The van der Waals surface area contributed by atoms with Crippen molar-refractivity contribution in [3.8, 4) is 5.75 Å². The molecule has 0 heterocycles. The Morgan fingerprint density at radius 3 is 2.26 bits per heavy atom. The monoisotopic (exact) mass is 349 g/mol. The van der Waals surface area contributed by atoms with Crippen LogP contribution in [0.1, 0.15) is 5.56 Å². The Balaban J connectivity index is 0.000000550. The molecule has 98 valence electrons. The van der Waals surface area contributed by atoms with Crippen LogP contribution in [0, 0.1) is 0 Å². The van der Waals surface area contributed by atoms with E-state index in [0.29, 0.717) is 10.6 Å². The molecular formula is C13H10Cl3NOTi. The van der Waals surface area contributed by atoms with Gasteiger partial charge in [-0.1, -0.05) is 35.9 Å². The molecule has 0 saturated carbocycles. The Hall–Kier alpha value is -0.506. The van der Waals surface area contributed by atoms with Crippen molar-refractivity contribution in [2.45, 2.75) is 0 Å². The van der Waals surface area contributed by atoms with Gasteiger partial charge < -0.3 is 5.11 Å². The number of phenols is 1. The van der Waals surface area contributed by atoms with Gasteiger partial charge in [-0.05, 0) is 24.3 Å². The molecule has 0 spiro atoms. The van der Waals surface area contributed by atoms with Crippen molar-refractivity contribution in [3.63, 3.8) is 0 Å². The summed E-state index contributed by atoms with van der Waals surface area (Å²) in [6.45, 7) is 0. The van der Waals surface area contributed by atoms with Gasteiger partial charge in [0.2, 0.25) is 0 Å². The molecule has 1 N–H and O–H groups in total. The van der Waals surface area contributed by atoms with Gasteiger partial charge in [0.25, 0.3) is 0 Å². The first-order valence-corrected chi connectivity index (χ1v) is 9.89. The number of hydrogen-bond donors (Lipinski definition) is 1. The fourth-order valence-electron chi connectivity index (χ4n) is 1.29. The molecule has 0 amide bonds. The van der Waals surface area contributed by atoms with E-state index in [4.69, 9.17) is 30.2 Å². The number of benzene rings is 2. The Labute approximate surface area is 133 Å². The number of nitrogens with zero attached hydrogens (tertiary/aromatic N) is 1. The predicted octanol–water partition coefficient (Wildman–Crippen LogP) is 5.17. The summed E-state index contributed by atoms with van der Waals surface area (Å²) >= 11 is 5.23. The van der Waals surface area contributed by atoms with Crippen LogP contribution in [0.5, 0.6) is 5.75 Å². The number of rotatable bonds is 2. The van der Waals surface area contributed by atoms with Crippen molar-refractivity contribution >= 4 is 42.1 Å². The summed E-state index contributed by atoms with van der Waals surface area (Å²) in [5.74, 6) is 0.0591. The molecule has 2 rings (SSSR count). The summed E-state index contributed by atoms with van der Waals surface area (Å²) in [4.78, 5) is 4.23. The molecule has 0 bridgehead atoms. The number of aliphatic imine (C=N–C) groups is 1. The SMILES string of the molecule is Oc1c(Cl)cccc1C=Nc1ccccc1.[Cl][Ti][Cl]. The standard InChI is InChI=1S/C13H10ClNO.2ClH.Ti/c14-12-8-4-5-10(13(12)16)9-15-11-6-2-1-3-7-11;;;/h1-9,16H;2*1H;/q;;;+2/p-2. The Morgan fingerprint density at radius 1 is 1.00 bits per heavy atom. The molecule has 2 nitrogen and oxygen atoms in total. The van der Waals surface area contributed by atoms with E-state index in [1.54, 1.807) is 24.4 Å². The molecule has 6 heteroatoms. The number of hydrogen-bond acceptors (Lipinski definition) is 2. The molecule has 0 aliphatic carbocycles. The topological polar surface area (TPSA) is 32.6 Å². The van der Waals surface area contributed by atoms with Gasteiger partial charge in [0, 0.05) is 11.8 Å². The van der Waals surface area contributed by atoms with Crippen LogP contribution in [0.3, 0.4) is 0 Å². The summed E-state index contributed by atoms with van der Waals surface area (Å²) in [6.07, 6.45) is 1.59. The average Bonchev–Trinajstić information content (AvgIpc) is 2.43. The van der Waals surface area contributed by atoms with Gasteiger partial charge in [0.15, 0.2) is 0 Å². The fraction of sp³-hybridized carbons (Fsp3) is 0. The Bertz CT molecular complexity index is 535. The molecule has 0 aliphatic rings. The zero-order valence-electron chi connectivity index (χ0n) is 9.72. The zero-order chi connectivity index (χ0) is 14.1. The number of halogens is 3. The molecule has 0 aliphatic heterocycles. The van der Waals surface area contributed by atoms with Crippen molar-refractivity contribution < 1.29 is 22.1 Å². The van der Waals surface area contributed by atoms with Crippen LogP contribution in [0.15, 0.2) is 53.5 Å². The van der Waals surface area contributed by atoms with E-state index < -0.39 is 17.0 Å². The van der Waals surface area contributed by atoms with Crippen molar-refractivity contribution in [3.05, 3.63) is 59.1 Å². The van der Waals surface area contributed by atoms with E-state index in [2.05, 4.69) is 4.99 Å². The van der Waals surface area contributed by atoms with E-state index in [9.17, 15) is 5.11 Å². The molecular weight excluding hydrogens is 340 g/mol. The van der Waals surface area contributed by atoms with Gasteiger partial charge in [-0.3, -0.25) is 4.99 Å². The second-order valence-corrected chi connectivity index (χ2v) is 6.33. The van der Waals surface area contributed by atoms with Gasteiger partial charge in [-0.2, -0.15) is 0 Å². The second kappa shape index (κ2) is 9.41. The van der Waals surface area contributed by atoms with Gasteiger partial charge >= 0.3 is 35.6 Å². The van der Waals surface area contributed by atoms with Crippen LogP contribution in [0.4, 0.5) is 5.69 Å². The maximum atomic E-state index is 9.65. The Morgan fingerprint density at radius 2 is 1.63 bits per heavy atom. The third-order valence-corrected chi connectivity index (χ3v) is 2.43. The van der Waals surface area contributed by atoms with Crippen molar-refractivity contribution in [1.82, 2.24) is 0 Å². The molecule has 2 aromatic rings. The van der Waals surface area contributed by atoms with Crippen molar-refractivity contribution in [2.75, 3.05) is 0 Å². The van der Waals surface area contributed by atoms with Gasteiger partial charge in [-0.25, -0.2) is 0 Å². The van der Waals surface area contributed by atoms with E-state index in [-0.39, 0.29) is 5.75 Å². The summed E-state index contributed by atoms with van der Waals surface area (Å²) in [5.41, 5.74) is 1.44. The minimum atomic E-state index is -0.556. The third-order valence-electron chi connectivity index (χ3n) is 2.13. The quantitative estimate of drug-likeness (QED) is 0.588. The second-order valence-electron chi connectivity index (χ2n) is 3.34. The molecule has 0 fully saturated rings. The number of phenolic OH excluding ortho intramolecular Hbond substituents is 1. The molecule has 0 unspecified atom stereocenters. The molecule has 0 aromatic heterocycles. The molecule has 0 atom stereocenters. The maximum absolute atomic E-state index is 9.65. The first-order valence-electron chi connectivity index (χ1n) is 5.22.